The summed E-state index contributed by atoms with van der Waals surface area (Å²) in [4.78, 5) is 5.77. The summed E-state index contributed by atoms with van der Waals surface area (Å²) in [6.07, 6.45) is 10.2. The van der Waals surface area contributed by atoms with Crippen LogP contribution in [-0.2, 0) is 11.8 Å². The van der Waals surface area contributed by atoms with Gasteiger partial charge in [-0.05, 0) is 22.4 Å². The maximum atomic E-state index is 4.40. The van der Waals surface area contributed by atoms with Crippen molar-refractivity contribution >= 4 is 6.08 Å². The van der Waals surface area contributed by atoms with Crippen LogP contribution in [0.15, 0.2) is 67.3 Å². The molecule has 26 heavy (non-hydrogen) atoms. The first-order valence-corrected chi connectivity index (χ1v) is 8.33. The molecule has 5 rings (SSSR count). The fraction of sp³-hybridized carbons (Fsp3) is 0.105. The highest BCUT2D eigenvalue weighted by molar-refractivity contribution is 5.67. The molecule has 0 saturated carbocycles. The summed E-state index contributed by atoms with van der Waals surface area (Å²) >= 11 is 0. The van der Waals surface area contributed by atoms with E-state index in [2.05, 4.69) is 73.1 Å². The molecule has 1 N–H and O–H groups in total. The lowest BCUT2D eigenvalue weighted by Gasteiger charge is -2.34. The summed E-state index contributed by atoms with van der Waals surface area (Å²) in [6, 6.07) is 14.6. The largest absolute Gasteiger partial charge is 0.280 e. The van der Waals surface area contributed by atoms with E-state index >= 15 is 0 Å². The van der Waals surface area contributed by atoms with Gasteiger partial charge < -0.3 is 0 Å². The van der Waals surface area contributed by atoms with E-state index in [-0.39, 0.29) is 5.41 Å². The van der Waals surface area contributed by atoms with E-state index in [1.54, 1.807) is 6.20 Å². The molecule has 7 heteroatoms. The van der Waals surface area contributed by atoms with Gasteiger partial charge in [-0.15, -0.1) is 15.0 Å². The SMILES string of the molecule is C1=CC(c2ccccc2)(c2cccnc2)Cc2[nH]nc(-n3ncnn3)c21. The molecule has 1 aliphatic carbocycles. The third-order valence-electron chi connectivity index (χ3n) is 4.86. The zero-order chi connectivity index (χ0) is 17.4. The molecule has 0 radical (unpaired) electrons. The monoisotopic (exact) mass is 341 g/mol. The number of rotatable bonds is 3. The van der Waals surface area contributed by atoms with Crippen LogP contribution in [0.5, 0.6) is 0 Å². The minimum Gasteiger partial charge on any atom is -0.280 e. The van der Waals surface area contributed by atoms with Crippen molar-refractivity contribution in [3.05, 3.63) is 89.6 Å². The normalized spacial score (nSPS) is 18.6. The number of pyridine rings is 1. The van der Waals surface area contributed by atoms with Crippen LogP contribution in [0.2, 0.25) is 0 Å². The molecule has 1 atom stereocenters. The van der Waals surface area contributed by atoms with Crippen LogP contribution < -0.4 is 0 Å². The minimum atomic E-state index is -0.303. The Morgan fingerprint density at radius 1 is 1.04 bits per heavy atom. The fourth-order valence-electron chi connectivity index (χ4n) is 3.59. The number of nitrogens with one attached hydrogen (secondary N) is 1. The average molecular weight is 341 g/mol. The first-order valence-electron chi connectivity index (χ1n) is 8.33. The Morgan fingerprint density at radius 2 is 1.92 bits per heavy atom. The highest BCUT2D eigenvalue weighted by Crippen LogP contribution is 2.41. The van der Waals surface area contributed by atoms with Gasteiger partial charge in [-0.3, -0.25) is 10.1 Å². The number of hydrogen-bond acceptors (Lipinski definition) is 5. The third-order valence-corrected chi connectivity index (χ3v) is 4.86. The Kier molecular flexibility index (Phi) is 3.24. The molecule has 1 aromatic carbocycles. The van der Waals surface area contributed by atoms with Gasteiger partial charge in [-0.25, -0.2) is 0 Å². The Labute approximate surface area is 149 Å². The second-order valence-electron chi connectivity index (χ2n) is 6.25. The van der Waals surface area contributed by atoms with Gasteiger partial charge in [0.05, 0.1) is 0 Å². The number of fused-ring (bicyclic) bond motifs is 1. The maximum absolute atomic E-state index is 4.40. The Bertz CT molecular complexity index is 1010. The number of H-pyrrole nitrogens is 1. The highest BCUT2D eigenvalue weighted by Gasteiger charge is 2.37. The van der Waals surface area contributed by atoms with Crippen LogP contribution in [0.25, 0.3) is 11.9 Å². The summed E-state index contributed by atoms with van der Waals surface area (Å²) in [6.45, 7) is 0. The molecule has 1 unspecified atom stereocenters. The predicted molar refractivity (Wildman–Crippen MR) is 95.5 cm³/mol. The van der Waals surface area contributed by atoms with Crippen LogP contribution in [0, 0.1) is 0 Å². The zero-order valence-electron chi connectivity index (χ0n) is 13.8. The average Bonchev–Trinajstić information content (AvgIpc) is 3.38. The number of nitrogens with zero attached hydrogens (tertiary/aromatic N) is 6. The van der Waals surface area contributed by atoms with Crippen molar-refractivity contribution in [1.82, 2.24) is 35.4 Å². The van der Waals surface area contributed by atoms with Crippen LogP contribution in [0.3, 0.4) is 0 Å². The smallest absolute Gasteiger partial charge is 0.204 e. The molecule has 0 bridgehead atoms. The molecular weight excluding hydrogens is 326 g/mol. The standard InChI is InChI=1S/C19H15N7/c1-2-5-14(6-3-1)19(15-7-4-10-20-12-15)9-8-16-17(11-19)23-24-18(16)26-22-13-21-25-26/h1-10,12-13H,11H2,(H,23,24). The van der Waals surface area contributed by atoms with E-state index < -0.39 is 0 Å². The van der Waals surface area contributed by atoms with E-state index in [9.17, 15) is 0 Å². The Morgan fingerprint density at radius 3 is 2.69 bits per heavy atom. The number of benzene rings is 1. The molecule has 1 aliphatic rings. The molecule has 0 amide bonds. The molecule has 0 spiro atoms. The quantitative estimate of drug-likeness (QED) is 0.618. The Hall–Kier alpha value is -3.61. The second-order valence-corrected chi connectivity index (χ2v) is 6.25. The third kappa shape index (κ3) is 2.17. The summed E-state index contributed by atoms with van der Waals surface area (Å²) in [5.41, 5.74) is 4.07. The molecule has 7 nitrogen and oxygen atoms in total. The Balaban J connectivity index is 1.67. The fourth-order valence-corrected chi connectivity index (χ4v) is 3.59. The van der Waals surface area contributed by atoms with Gasteiger partial charge in [0, 0.05) is 35.5 Å². The van der Waals surface area contributed by atoms with Crippen molar-refractivity contribution in [3.8, 4) is 5.82 Å². The molecule has 3 aromatic heterocycles. The molecule has 126 valence electrons. The molecule has 4 aromatic rings. The van der Waals surface area contributed by atoms with Crippen molar-refractivity contribution in [2.24, 2.45) is 0 Å². The van der Waals surface area contributed by atoms with Crippen LogP contribution in [0.1, 0.15) is 22.4 Å². The van der Waals surface area contributed by atoms with Crippen molar-refractivity contribution in [3.63, 3.8) is 0 Å². The van der Waals surface area contributed by atoms with E-state index in [0.717, 1.165) is 23.2 Å². The molecule has 3 heterocycles. The van der Waals surface area contributed by atoms with Crippen molar-refractivity contribution in [2.75, 3.05) is 0 Å². The number of tetrazole rings is 1. The minimum absolute atomic E-state index is 0.303. The lowest BCUT2D eigenvalue weighted by Crippen LogP contribution is -2.30. The lowest BCUT2D eigenvalue weighted by atomic mass is 9.69. The number of aromatic nitrogens is 7. The summed E-state index contributed by atoms with van der Waals surface area (Å²) in [5.74, 6) is 0.654. The van der Waals surface area contributed by atoms with E-state index in [0.29, 0.717) is 5.82 Å². The first kappa shape index (κ1) is 14.7. The van der Waals surface area contributed by atoms with Crippen LogP contribution in [-0.4, -0.2) is 35.4 Å². The van der Waals surface area contributed by atoms with Gasteiger partial charge in [0.25, 0.3) is 0 Å². The molecule has 0 saturated heterocycles. The number of aromatic amines is 1. The van der Waals surface area contributed by atoms with Gasteiger partial charge >= 0.3 is 0 Å². The van der Waals surface area contributed by atoms with Crippen LogP contribution in [0.4, 0.5) is 0 Å². The topological polar surface area (TPSA) is 85.2 Å². The van der Waals surface area contributed by atoms with E-state index in [1.165, 1.54) is 16.7 Å². The van der Waals surface area contributed by atoms with Crippen LogP contribution >= 0.6 is 0 Å². The number of hydrogen-bond donors (Lipinski definition) is 1. The lowest BCUT2D eigenvalue weighted by molar-refractivity contribution is 0.618. The highest BCUT2D eigenvalue weighted by atomic mass is 15.6. The van der Waals surface area contributed by atoms with Crippen molar-refractivity contribution in [1.29, 1.82) is 0 Å². The van der Waals surface area contributed by atoms with E-state index in [1.807, 2.05) is 18.3 Å². The molecular formula is C19H15N7. The summed E-state index contributed by atoms with van der Waals surface area (Å²) in [5, 5.41) is 19.4. The van der Waals surface area contributed by atoms with Crippen molar-refractivity contribution in [2.45, 2.75) is 11.8 Å². The zero-order valence-corrected chi connectivity index (χ0v) is 13.8. The van der Waals surface area contributed by atoms with Gasteiger partial charge in [0.15, 0.2) is 6.33 Å². The van der Waals surface area contributed by atoms with Crippen molar-refractivity contribution < 1.29 is 0 Å². The van der Waals surface area contributed by atoms with Gasteiger partial charge in [0.1, 0.15) is 0 Å². The van der Waals surface area contributed by atoms with Gasteiger partial charge in [-0.1, -0.05) is 48.6 Å². The molecule has 0 fully saturated rings. The first-order chi connectivity index (χ1) is 12.9. The van der Waals surface area contributed by atoms with E-state index in [4.69, 9.17) is 0 Å². The number of allylic oxidation sites excluding steroid dienone is 1. The van der Waals surface area contributed by atoms with Gasteiger partial charge in [-0.2, -0.15) is 5.10 Å². The van der Waals surface area contributed by atoms with Gasteiger partial charge in [0.2, 0.25) is 5.82 Å². The molecule has 0 aliphatic heterocycles. The summed E-state index contributed by atoms with van der Waals surface area (Å²) < 4.78 is 0. The summed E-state index contributed by atoms with van der Waals surface area (Å²) in [7, 11) is 0. The maximum Gasteiger partial charge on any atom is 0.204 e. The predicted octanol–water partition coefficient (Wildman–Crippen LogP) is 2.34. The second kappa shape index (κ2) is 5.73.